The molecule has 1 heterocycles. The number of hydrogen-bond acceptors (Lipinski definition) is 8. The number of allylic oxidation sites excluding steroid dienone is 1. The second-order valence-corrected chi connectivity index (χ2v) is 6.08. The molecule has 0 saturated carbocycles. The summed E-state index contributed by atoms with van der Waals surface area (Å²) in [5.41, 5.74) is 4.91. The van der Waals surface area contributed by atoms with Crippen LogP contribution in [0.4, 0.5) is 5.13 Å². The first-order valence-corrected chi connectivity index (χ1v) is 8.85. The van der Waals surface area contributed by atoms with E-state index >= 15 is 0 Å². The van der Waals surface area contributed by atoms with Crippen molar-refractivity contribution in [1.29, 1.82) is 0 Å². The van der Waals surface area contributed by atoms with E-state index in [9.17, 15) is 9.90 Å². The van der Waals surface area contributed by atoms with Crippen molar-refractivity contribution in [3.63, 3.8) is 0 Å². The number of aromatic nitrogens is 1. The first-order chi connectivity index (χ1) is 12.6. The molecule has 0 spiro atoms. The number of carbonyl (C=O) groups is 1. The van der Waals surface area contributed by atoms with E-state index in [1.807, 2.05) is 0 Å². The molecule has 2 N–H and O–H groups in total. The topological polar surface area (TPSA) is 93.0 Å². The molecule has 0 saturated heterocycles. The number of phenols is 1. The number of hydrazone groups is 1. The smallest absolute Gasteiger partial charge is 0.311 e. The molecule has 0 atom stereocenters. The summed E-state index contributed by atoms with van der Waals surface area (Å²) < 4.78 is 10.1. The summed E-state index contributed by atoms with van der Waals surface area (Å²) in [6.07, 6.45) is 3.95. The van der Waals surface area contributed by atoms with Gasteiger partial charge in [0.15, 0.2) is 11.5 Å². The minimum absolute atomic E-state index is 0.0982. The van der Waals surface area contributed by atoms with E-state index in [0.717, 1.165) is 5.56 Å². The van der Waals surface area contributed by atoms with Crippen molar-refractivity contribution in [2.75, 3.05) is 19.1 Å². The van der Waals surface area contributed by atoms with Crippen LogP contribution < -0.4 is 10.2 Å². The number of benzene rings is 1. The van der Waals surface area contributed by atoms with Crippen molar-refractivity contribution in [1.82, 2.24) is 4.98 Å². The highest BCUT2D eigenvalue weighted by molar-refractivity contribution is 7.13. The predicted molar refractivity (Wildman–Crippen MR) is 102 cm³/mol. The summed E-state index contributed by atoms with van der Waals surface area (Å²) in [6, 6.07) is 3.49. The number of rotatable bonds is 9. The maximum Gasteiger partial charge on any atom is 0.311 e. The Hall–Kier alpha value is -2.87. The average Bonchev–Trinajstić information content (AvgIpc) is 3.05. The standard InChI is InChI=1S/C18H21N3O4S/c1-4-6-13-7-12(8-15(24-3)17(13)23)10-19-21-18-20-14(11-26-18)9-16(22)25-5-2/h4,7-8,10-11,23H,1,5-6,9H2,2-3H3,(H,20,21). The molecule has 1 aromatic carbocycles. The Morgan fingerprint density at radius 3 is 3.00 bits per heavy atom. The Kier molecular flexibility index (Phi) is 7.16. The summed E-state index contributed by atoms with van der Waals surface area (Å²) in [6.45, 7) is 5.79. The number of aromatic hydroxyl groups is 1. The van der Waals surface area contributed by atoms with Gasteiger partial charge in [0, 0.05) is 10.9 Å². The minimum Gasteiger partial charge on any atom is -0.504 e. The normalized spacial score (nSPS) is 10.7. The number of hydrogen-bond donors (Lipinski definition) is 2. The third kappa shape index (κ3) is 5.32. The summed E-state index contributed by atoms with van der Waals surface area (Å²) >= 11 is 1.34. The van der Waals surface area contributed by atoms with Gasteiger partial charge in [0.1, 0.15) is 0 Å². The van der Waals surface area contributed by atoms with Crippen LogP contribution in [-0.2, 0) is 22.4 Å². The van der Waals surface area contributed by atoms with Crippen LogP contribution in [-0.4, -0.2) is 36.0 Å². The largest absolute Gasteiger partial charge is 0.504 e. The van der Waals surface area contributed by atoms with E-state index in [2.05, 4.69) is 22.1 Å². The molecule has 26 heavy (non-hydrogen) atoms. The lowest BCUT2D eigenvalue weighted by Gasteiger charge is -2.09. The zero-order valence-corrected chi connectivity index (χ0v) is 15.5. The maximum atomic E-state index is 11.4. The number of nitrogens with zero attached hydrogens (tertiary/aromatic N) is 2. The number of methoxy groups -OCH3 is 1. The third-order valence-corrected chi connectivity index (χ3v) is 4.11. The van der Waals surface area contributed by atoms with Crippen molar-refractivity contribution in [2.45, 2.75) is 19.8 Å². The summed E-state index contributed by atoms with van der Waals surface area (Å²) in [5, 5.41) is 16.6. The first kappa shape index (κ1) is 19.5. The van der Waals surface area contributed by atoms with Crippen molar-refractivity contribution in [2.24, 2.45) is 5.10 Å². The van der Waals surface area contributed by atoms with E-state index in [0.29, 0.717) is 35.2 Å². The van der Waals surface area contributed by atoms with Crippen molar-refractivity contribution >= 4 is 28.7 Å². The molecule has 0 aliphatic rings. The highest BCUT2D eigenvalue weighted by Gasteiger charge is 2.10. The van der Waals surface area contributed by atoms with Gasteiger partial charge >= 0.3 is 5.97 Å². The summed E-state index contributed by atoms with van der Waals surface area (Å²) in [7, 11) is 1.49. The van der Waals surface area contributed by atoms with Crippen molar-refractivity contribution < 1.29 is 19.4 Å². The van der Waals surface area contributed by atoms with Crippen molar-refractivity contribution in [3.8, 4) is 11.5 Å². The second-order valence-electron chi connectivity index (χ2n) is 5.22. The fraction of sp³-hybridized carbons (Fsp3) is 0.278. The number of ether oxygens (including phenoxy) is 2. The number of phenolic OH excluding ortho intramolecular Hbond substituents is 1. The van der Waals surface area contributed by atoms with Gasteiger partial charge in [-0.2, -0.15) is 5.10 Å². The van der Waals surface area contributed by atoms with Crippen LogP contribution in [0.1, 0.15) is 23.7 Å². The van der Waals surface area contributed by atoms with E-state index in [1.54, 1.807) is 36.7 Å². The van der Waals surface area contributed by atoms with Gasteiger partial charge < -0.3 is 14.6 Å². The van der Waals surface area contributed by atoms with Gasteiger partial charge in [0.25, 0.3) is 0 Å². The number of anilines is 1. The fourth-order valence-electron chi connectivity index (χ4n) is 2.19. The van der Waals surface area contributed by atoms with Gasteiger partial charge in [-0.1, -0.05) is 6.08 Å². The first-order valence-electron chi connectivity index (χ1n) is 7.97. The molecule has 138 valence electrons. The Bertz CT molecular complexity index is 802. The van der Waals surface area contributed by atoms with Gasteiger partial charge in [-0.25, -0.2) is 4.98 Å². The highest BCUT2D eigenvalue weighted by Crippen LogP contribution is 2.31. The van der Waals surface area contributed by atoms with Crippen LogP contribution in [0.15, 0.2) is 35.3 Å². The number of nitrogens with one attached hydrogen (secondary N) is 1. The van der Waals surface area contributed by atoms with E-state index in [-0.39, 0.29) is 18.1 Å². The van der Waals surface area contributed by atoms with E-state index in [4.69, 9.17) is 9.47 Å². The molecule has 0 radical (unpaired) electrons. The highest BCUT2D eigenvalue weighted by atomic mass is 32.1. The van der Waals surface area contributed by atoms with Crippen LogP contribution in [0.25, 0.3) is 0 Å². The molecular weight excluding hydrogens is 354 g/mol. The fourth-order valence-corrected chi connectivity index (χ4v) is 2.85. The number of esters is 1. The number of carbonyl (C=O) groups excluding carboxylic acids is 1. The Morgan fingerprint density at radius 2 is 2.31 bits per heavy atom. The molecule has 2 rings (SSSR count). The van der Waals surface area contributed by atoms with Crippen LogP contribution in [0.2, 0.25) is 0 Å². The zero-order chi connectivity index (χ0) is 18.9. The van der Waals surface area contributed by atoms with E-state index in [1.165, 1.54) is 18.4 Å². The predicted octanol–water partition coefficient (Wildman–Crippen LogP) is 3.14. The van der Waals surface area contributed by atoms with Crippen molar-refractivity contribution in [3.05, 3.63) is 47.0 Å². The molecule has 2 aromatic rings. The van der Waals surface area contributed by atoms with Gasteiger partial charge in [0.05, 0.1) is 32.0 Å². The third-order valence-electron chi connectivity index (χ3n) is 3.32. The summed E-state index contributed by atoms with van der Waals surface area (Å²) in [5.74, 6) is 0.164. The van der Waals surface area contributed by atoms with Gasteiger partial charge in [0.2, 0.25) is 5.13 Å². The summed E-state index contributed by atoms with van der Waals surface area (Å²) in [4.78, 5) is 15.7. The van der Waals surface area contributed by atoms with Gasteiger partial charge in [-0.3, -0.25) is 10.2 Å². The molecule has 0 amide bonds. The maximum absolute atomic E-state index is 11.4. The molecule has 1 aromatic heterocycles. The molecule has 0 bridgehead atoms. The van der Waals surface area contributed by atoms with Crippen LogP contribution in [0.5, 0.6) is 11.5 Å². The van der Waals surface area contributed by atoms with Gasteiger partial charge in [-0.15, -0.1) is 17.9 Å². The van der Waals surface area contributed by atoms with Crippen LogP contribution in [0.3, 0.4) is 0 Å². The van der Waals surface area contributed by atoms with Crippen LogP contribution in [0, 0.1) is 0 Å². The number of thiazole rings is 1. The lowest BCUT2D eigenvalue weighted by molar-refractivity contribution is -0.142. The molecule has 8 heteroatoms. The quantitative estimate of drug-likeness (QED) is 0.303. The molecule has 0 fully saturated rings. The van der Waals surface area contributed by atoms with E-state index < -0.39 is 0 Å². The second kappa shape index (κ2) is 9.57. The zero-order valence-electron chi connectivity index (χ0n) is 14.7. The van der Waals surface area contributed by atoms with Crippen LogP contribution >= 0.6 is 11.3 Å². The Labute approximate surface area is 156 Å². The molecular formula is C18H21N3O4S. The molecule has 0 aliphatic heterocycles. The van der Waals surface area contributed by atoms with Gasteiger partial charge in [-0.05, 0) is 31.0 Å². The lowest BCUT2D eigenvalue weighted by atomic mass is 10.1. The minimum atomic E-state index is -0.307. The SMILES string of the molecule is C=CCc1cc(C=NNc2nc(CC(=O)OCC)cs2)cc(OC)c1O. The monoisotopic (exact) mass is 375 g/mol. The average molecular weight is 375 g/mol. The molecule has 0 aliphatic carbocycles. The lowest BCUT2D eigenvalue weighted by Crippen LogP contribution is -2.07. The molecule has 0 unspecified atom stereocenters. The molecule has 7 nitrogen and oxygen atoms in total. The Balaban J connectivity index is 2.04. The Morgan fingerprint density at radius 1 is 1.50 bits per heavy atom.